The van der Waals surface area contributed by atoms with Crippen LogP contribution in [0.2, 0.25) is 0 Å². The van der Waals surface area contributed by atoms with Gasteiger partial charge in [0.05, 0.1) is 19.2 Å². The molecule has 0 spiro atoms. The second-order valence-electron chi connectivity index (χ2n) is 9.24. The van der Waals surface area contributed by atoms with E-state index in [1.54, 1.807) is 19.4 Å². The fourth-order valence-electron chi connectivity index (χ4n) is 4.85. The van der Waals surface area contributed by atoms with Gasteiger partial charge < -0.3 is 9.64 Å². The molecule has 1 heterocycles. The highest BCUT2D eigenvalue weighted by molar-refractivity contribution is 6.55. The average Bonchev–Trinajstić information content (AvgIpc) is 3.33. The number of halogens is 2. The van der Waals surface area contributed by atoms with Gasteiger partial charge in [-0.3, -0.25) is 4.79 Å². The van der Waals surface area contributed by atoms with Crippen molar-refractivity contribution in [1.82, 2.24) is 5.43 Å². The van der Waals surface area contributed by atoms with Crippen LogP contribution in [0.5, 0.6) is 5.75 Å². The van der Waals surface area contributed by atoms with E-state index in [4.69, 9.17) is 27.9 Å². The fourth-order valence-corrected chi connectivity index (χ4v) is 5.12. The molecule has 5 nitrogen and oxygen atoms in total. The third-order valence-electron chi connectivity index (χ3n) is 6.76. The Labute approximate surface area is 205 Å². The van der Waals surface area contributed by atoms with Crippen molar-refractivity contribution in [3.8, 4) is 5.75 Å². The third kappa shape index (κ3) is 5.20. The first-order valence-electron chi connectivity index (χ1n) is 11.2. The molecule has 2 aromatic rings. The lowest BCUT2D eigenvalue weighted by Gasteiger charge is -2.31. The maximum atomic E-state index is 12.6. The van der Waals surface area contributed by atoms with Gasteiger partial charge in [-0.1, -0.05) is 55.2 Å². The molecule has 1 fully saturated rings. The average molecular weight is 486 g/mol. The standard InChI is InChI=1S/C26H29Cl2N3O2/c1-26(2)20(14-23(27)28)24(26)25(32)30-29-15-17-10-11-22(33-3)19(13-17)16-31-12-6-8-18-7-4-5-9-21(18)31/h4-5,7,9-11,13-15,20,24H,6,8,12,16H2,1-3H3,(H,30,32)/b29-15-/t20-,24-/m1/s1. The van der Waals surface area contributed by atoms with Crippen molar-refractivity contribution in [2.45, 2.75) is 33.2 Å². The van der Waals surface area contributed by atoms with Gasteiger partial charge in [0.1, 0.15) is 10.2 Å². The number of rotatable bonds is 7. The number of hydrazone groups is 1. The molecule has 0 aromatic heterocycles. The smallest absolute Gasteiger partial charge is 0.244 e. The van der Waals surface area contributed by atoms with Crippen LogP contribution >= 0.6 is 23.2 Å². The summed E-state index contributed by atoms with van der Waals surface area (Å²) in [5, 5.41) is 4.20. The zero-order chi connectivity index (χ0) is 23.6. The highest BCUT2D eigenvalue weighted by Gasteiger charge is 2.60. The molecule has 0 bridgehead atoms. The van der Waals surface area contributed by atoms with Gasteiger partial charge in [-0.15, -0.1) is 0 Å². The molecular formula is C26H29Cl2N3O2. The van der Waals surface area contributed by atoms with Crippen LogP contribution < -0.4 is 15.1 Å². The largest absolute Gasteiger partial charge is 0.496 e. The SMILES string of the molecule is COc1ccc(/C=N\NC(=O)[C@H]2[C@@H](C=C(Cl)Cl)C2(C)C)cc1CN1CCCc2ccccc21. The number of nitrogens with zero attached hydrogens (tertiary/aromatic N) is 2. The summed E-state index contributed by atoms with van der Waals surface area (Å²) in [6, 6.07) is 14.5. The van der Waals surface area contributed by atoms with Crippen LogP contribution in [0.25, 0.3) is 0 Å². The zero-order valence-electron chi connectivity index (χ0n) is 19.1. The third-order valence-corrected chi connectivity index (χ3v) is 7.01. The minimum absolute atomic E-state index is 0.0118. The first kappa shape index (κ1) is 23.7. The van der Waals surface area contributed by atoms with Gasteiger partial charge in [0.25, 0.3) is 0 Å². The maximum Gasteiger partial charge on any atom is 0.244 e. The van der Waals surface area contributed by atoms with Crippen molar-refractivity contribution in [2.24, 2.45) is 22.4 Å². The van der Waals surface area contributed by atoms with Gasteiger partial charge in [-0.2, -0.15) is 5.10 Å². The summed E-state index contributed by atoms with van der Waals surface area (Å²) in [7, 11) is 1.69. The molecule has 0 radical (unpaired) electrons. The Morgan fingerprint density at radius 2 is 2.06 bits per heavy atom. The first-order valence-corrected chi connectivity index (χ1v) is 11.9. The predicted molar refractivity (Wildman–Crippen MR) is 135 cm³/mol. The van der Waals surface area contributed by atoms with Gasteiger partial charge in [0, 0.05) is 24.3 Å². The van der Waals surface area contributed by atoms with E-state index in [0.717, 1.165) is 42.8 Å². The van der Waals surface area contributed by atoms with Crippen molar-refractivity contribution in [3.05, 3.63) is 69.7 Å². The molecule has 4 rings (SSSR count). The summed E-state index contributed by atoms with van der Waals surface area (Å²) < 4.78 is 5.80. The molecule has 33 heavy (non-hydrogen) atoms. The lowest BCUT2D eigenvalue weighted by atomic mass is 10.0. The number of para-hydroxylation sites is 1. The topological polar surface area (TPSA) is 53.9 Å². The number of nitrogens with one attached hydrogen (secondary N) is 1. The summed E-state index contributed by atoms with van der Waals surface area (Å²) in [6.45, 7) is 5.80. The van der Waals surface area contributed by atoms with Crippen molar-refractivity contribution in [1.29, 1.82) is 0 Å². The number of fused-ring (bicyclic) bond motifs is 1. The van der Waals surface area contributed by atoms with Crippen molar-refractivity contribution < 1.29 is 9.53 Å². The number of ether oxygens (including phenoxy) is 1. The second kappa shape index (κ2) is 9.78. The first-order chi connectivity index (χ1) is 15.8. The number of carbonyl (C=O) groups excluding carboxylic acids is 1. The molecule has 2 aromatic carbocycles. The number of carbonyl (C=O) groups is 1. The number of anilines is 1. The molecule has 1 saturated carbocycles. The van der Waals surface area contributed by atoms with Crippen LogP contribution in [0.15, 0.2) is 58.1 Å². The summed E-state index contributed by atoms with van der Waals surface area (Å²) in [4.78, 5) is 15.0. The Hall–Kier alpha value is -2.50. The van der Waals surface area contributed by atoms with E-state index in [-0.39, 0.29) is 27.6 Å². The van der Waals surface area contributed by atoms with Crippen molar-refractivity contribution in [2.75, 3.05) is 18.6 Å². The lowest BCUT2D eigenvalue weighted by Crippen LogP contribution is -2.29. The van der Waals surface area contributed by atoms with E-state index < -0.39 is 0 Å². The molecule has 2 aliphatic rings. The summed E-state index contributed by atoms with van der Waals surface area (Å²) in [5.41, 5.74) is 7.12. The van der Waals surface area contributed by atoms with Gasteiger partial charge >= 0.3 is 0 Å². The second-order valence-corrected chi connectivity index (χ2v) is 10.2. The Morgan fingerprint density at radius 1 is 1.27 bits per heavy atom. The minimum atomic E-state index is -0.201. The number of benzene rings is 2. The number of hydrogen-bond donors (Lipinski definition) is 1. The predicted octanol–water partition coefficient (Wildman–Crippen LogP) is 5.69. The van der Waals surface area contributed by atoms with E-state index in [2.05, 4.69) is 45.8 Å². The Morgan fingerprint density at radius 3 is 2.82 bits per heavy atom. The van der Waals surface area contributed by atoms with Gasteiger partial charge in [-0.05, 0) is 65.6 Å². The molecule has 1 aliphatic carbocycles. The van der Waals surface area contributed by atoms with Crippen LogP contribution in [-0.2, 0) is 17.8 Å². The summed E-state index contributed by atoms with van der Waals surface area (Å²) in [5.74, 6) is 0.516. The minimum Gasteiger partial charge on any atom is -0.496 e. The number of allylic oxidation sites excluding steroid dienone is 1. The molecule has 1 amide bonds. The molecule has 0 unspecified atom stereocenters. The highest BCUT2D eigenvalue weighted by Crippen LogP contribution is 2.59. The van der Waals surface area contributed by atoms with Crippen LogP contribution in [-0.4, -0.2) is 25.8 Å². The number of hydrogen-bond acceptors (Lipinski definition) is 4. The van der Waals surface area contributed by atoms with Gasteiger partial charge in [0.2, 0.25) is 5.91 Å². The van der Waals surface area contributed by atoms with E-state index in [9.17, 15) is 4.79 Å². The van der Waals surface area contributed by atoms with E-state index >= 15 is 0 Å². The van der Waals surface area contributed by atoms with Gasteiger partial charge in [0.15, 0.2) is 0 Å². The van der Waals surface area contributed by atoms with Crippen molar-refractivity contribution in [3.63, 3.8) is 0 Å². The summed E-state index contributed by atoms with van der Waals surface area (Å²) >= 11 is 11.6. The van der Waals surface area contributed by atoms with E-state index in [1.807, 2.05) is 26.0 Å². The Balaban J connectivity index is 1.45. The number of aryl methyl sites for hydroxylation is 1. The summed E-state index contributed by atoms with van der Waals surface area (Å²) in [6.07, 6.45) is 5.64. The molecular weight excluding hydrogens is 457 g/mol. The van der Waals surface area contributed by atoms with Crippen LogP contribution in [0, 0.1) is 17.3 Å². The normalized spacial score (nSPS) is 20.8. The fraction of sp³-hybridized carbons (Fsp3) is 0.385. The maximum absolute atomic E-state index is 12.6. The Kier molecular flexibility index (Phi) is 7.01. The Bertz CT molecular complexity index is 1090. The zero-order valence-corrected chi connectivity index (χ0v) is 20.7. The monoisotopic (exact) mass is 485 g/mol. The highest BCUT2D eigenvalue weighted by atomic mass is 35.5. The number of methoxy groups -OCH3 is 1. The van der Waals surface area contributed by atoms with Gasteiger partial charge in [-0.25, -0.2) is 5.43 Å². The molecule has 1 N–H and O–H groups in total. The molecule has 174 valence electrons. The molecule has 1 aliphatic heterocycles. The van der Waals surface area contributed by atoms with E-state index in [1.165, 1.54) is 11.3 Å². The molecule has 7 heteroatoms. The van der Waals surface area contributed by atoms with Crippen LogP contribution in [0.4, 0.5) is 5.69 Å². The quantitative estimate of drug-likeness (QED) is 0.404. The number of amides is 1. The van der Waals surface area contributed by atoms with Crippen LogP contribution in [0.1, 0.15) is 37.0 Å². The molecule has 0 saturated heterocycles. The van der Waals surface area contributed by atoms with Crippen molar-refractivity contribution >= 4 is 41.0 Å². The lowest BCUT2D eigenvalue weighted by molar-refractivity contribution is -0.123. The van der Waals surface area contributed by atoms with E-state index in [0.29, 0.717) is 0 Å². The molecule has 2 atom stereocenters. The van der Waals surface area contributed by atoms with Crippen LogP contribution in [0.3, 0.4) is 0 Å².